The van der Waals surface area contributed by atoms with E-state index in [9.17, 15) is 14.0 Å². The smallest absolute Gasteiger partial charge is 0.305 e. The number of halogens is 1. The van der Waals surface area contributed by atoms with Crippen molar-refractivity contribution in [3.05, 3.63) is 51.7 Å². The number of aromatic nitrogens is 1. The number of aliphatic carboxylic acids is 1. The van der Waals surface area contributed by atoms with Crippen LogP contribution < -0.4 is 5.32 Å². The Hall–Kier alpha value is -2.28. The Kier molecular flexibility index (Phi) is 6.85. The molecule has 0 saturated carbocycles. The number of carbonyl (C=O) groups is 2. The second kappa shape index (κ2) is 8.89. The third kappa shape index (κ3) is 5.62. The quantitative estimate of drug-likeness (QED) is 0.699. The second-order valence-corrected chi connectivity index (χ2v) is 7.26. The highest BCUT2D eigenvalue weighted by molar-refractivity contribution is 7.09. The largest absolute Gasteiger partial charge is 0.481 e. The third-order valence-corrected chi connectivity index (χ3v) is 5.35. The SMILES string of the molecule is CCC(CC)(CC(=O)O)NC(=O)Cc1csc(Cc2ccc(F)cc2)n1. The maximum atomic E-state index is 13.0. The molecule has 140 valence electrons. The first-order valence-corrected chi connectivity index (χ1v) is 9.44. The molecule has 1 aromatic carbocycles. The van der Waals surface area contributed by atoms with Crippen LogP contribution in [-0.2, 0) is 22.4 Å². The minimum Gasteiger partial charge on any atom is -0.481 e. The topological polar surface area (TPSA) is 79.3 Å². The summed E-state index contributed by atoms with van der Waals surface area (Å²) < 4.78 is 13.0. The molecule has 2 N–H and O–H groups in total. The summed E-state index contributed by atoms with van der Waals surface area (Å²) in [5.41, 5.74) is 0.880. The van der Waals surface area contributed by atoms with E-state index in [1.165, 1.54) is 23.5 Å². The molecule has 0 unspecified atom stereocenters. The molecular weight excluding hydrogens is 355 g/mol. The van der Waals surface area contributed by atoms with Gasteiger partial charge in [-0.3, -0.25) is 9.59 Å². The summed E-state index contributed by atoms with van der Waals surface area (Å²) in [5, 5.41) is 14.6. The minimum atomic E-state index is -0.927. The number of thiazole rings is 1. The fraction of sp³-hybridized carbons (Fsp3) is 0.421. The van der Waals surface area contributed by atoms with Crippen LogP contribution in [0.1, 0.15) is 49.4 Å². The Morgan fingerprint density at radius 2 is 1.88 bits per heavy atom. The van der Waals surface area contributed by atoms with Crippen LogP contribution in [0.15, 0.2) is 29.6 Å². The van der Waals surface area contributed by atoms with E-state index >= 15 is 0 Å². The molecule has 0 radical (unpaired) electrons. The third-order valence-electron chi connectivity index (χ3n) is 4.46. The van der Waals surface area contributed by atoms with Gasteiger partial charge in [-0.05, 0) is 30.5 Å². The zero-order valence-electron chi connectivity index (χ0n) is 14.9. The Bertz CT molecular complexity index is 754. The van der Waals surface area contributed by atoms with Crippen molar-refractivity contribution in [3.8, 4) is 0 Å². The van der Waals surface area contributed by atoms with Crippen LogP contribution in [0.5, 0.6) is 0 Å². The number of benzene rings is 1. The summed E-state index contributed by atoms with van der Waals surface area (Å²) >= 11 is 1.45. The van der Waals surface area contributed by atoms with Crippen LogP contribution in [0.3, 0.4) is 0 Å². The van der Waals surface area contributed by atoms with Gasteiger partial charge in [-0.15, -0.1) is 11.3 Å². The number of hydrogen-bond acceptors (Lipinski definition) is 4. The Balaban J connectivity index is 1.97. The van der Waals surface area contributed by atoms with Crippen molar-refractivity contribution in [2.24, 2.45) is 0 Å². The maximum absolute atomic E-state index is 13.0. The van der Waals surface area contributed by atoms with Crippen LogP contribution >= 0.6 is 11.3 Å². The van der Waals surface area contributed by atoms with Gasteiger partial charge < -0.3 is 10.4 Å². The standard InChI is InChI=1S/C19H23FN2O3S/c1-3-19(4-2,11-18(24)25)22-16(23)10-15-12-26-17(21-15)9-13-5-7-14(20)8-6-13/h5-8,12H,3-4,9-11H2,1-2H3,(H,22,23)(H,24,25). The summed E-state index contributed by atoms with van der Waals surface area (Å²) in [4.78, 5) is 27.9. The molecule has 26 heavy (non-hydrogen) atoms. The van der Waals surface area contributed by atoms with Crippen LogP contribution in [0.2, 0.25) is 0 Å². The van der Waals surface area contributed by atoms with E-state index in [4.69, 9.17) is 5.11 Å². The molecule has 0 bridgehead atoms. The highest BCUT2D eigenvalue weighted by Gasteiger charge is 2.31. The van der Waals surface area contributed by atoms with Crippen LogP contribution in [-0.4, -0.2) is 27.5 Å². The molecule has 0 fully saturated rings. The maximum Gasteiger partial charge on any atom is 0.305 e. The van der Waals surface area contributed by atoms with Gasteiger partial charge in [0.05, 0.1) is 23.5 Å². The first kappa shape index (κ1) is 20.0. The van der Waals surface area contributed by atoms with Gasteiger partial charge in [0.15, 0.2) is 0 Å². The molecular formula is C19H23FN2O3S. The molecule has 0 aliphatic carbocycles. The van der Waals surface area contributed by atoms with Crippen LogP contribution in [0.4, 0.5) is 4.39 Å². The fourth-order valence-electron chi connectivity index (χ4n) is 2.80. The molecule has 1 aromatic heterocycles. The van der Waals surface area contributed by atoms with E-state index in [1.54, 1.807) is 12.1 Å². The zero-order valence-corrected chi connectivity index (χ0v) is 15.7. The van der Waals surface area contributed by atoms with Crippen molar-refractivity contribution in [1.82, 2.24) is 10.3 Å². The number of carboxylic acids is 1. The van der Waals surface area contributed by atoms with Gasteiger partial charge in [0, 0.05) is 17.3 Å². The normalized spacial score (nSPS) is 11.3. The van der Waals surface area contributed by atoms with E-state index in [2.05, 4.69) is 10.3 Å². The minimum absolute atomic E-state index is 0.0986. The monoisotopic (exact) mass is 378 g/mol. The Labute approximate surface area is 156 Å². The molecule has 0 spiro atoms. The molecule has 0 aliphatic heterocycles. The van der Waals surface area contributed by atoms with Gasteiger partial charge in [-0.2, -0.15) is 0 Å². The summed E-state index contributed by atoms with van der Waals surface area (Å²) in [6.45, 7) is 3.74. The van der Waals surface area contributed by atoms with Crippen molar-refractivity contribution >= 4 is 23.2 Å². The molecule has 2 rings (SSSR count). The average Bonchev–Trinajstić information content (AvgIpc) is 3.02. The van der Waals surface area contributed by atoms with Gasteiger partial charge in [-0.25, -0.2) is 9.37 Å². The van der Waals surface area contributed by atoms with Crippen molar-refractivity contribution < 1.29 is 19.1 Å². The van der Waals surface area contributed by atoms with Gasteiger partial charge in [0.1, 0.15) is 5.82 Å². The summed E-state index contributed by atoms with van der Waals surface area (Å²) in [6.07, 6.45) is 1.70. The number of rotatable bonds is 9. The van der Waals surface area contributed by atoms with E-state index < -0.39 is 11.5 Å². The van der Waals surface area contributed by atoms with Crippen molar-refractivity contribution in [2.45, 2.75) is 51.5 Å². The zero-order chi connectivity index (χ0) is 19.2. The van der Waals surface area contributed by atoms with Gasteiger partial charge >= 0.3 is 5.97 Å². The highest BCUT2D eigenvalue weighted by atomic mass is 32.1. The lowest BCUT2D eigenvalue weighted by molar-refractivity contribution is -0.139. The summed E-state index contributed by atoms with van der Waals surface area (Å²) in [6, 6.07) is 6.25. The summed E-state index contributed by atoms with van der Waals surface area (Å²) in [5.74, 6) is -1.43. The molecule has 1 heterocycles. The first-order chi connectivity index (χ1) is 12.4. The number of amides is 1. The molecule has 5 nitrogen and oxygen atoms in total. The lowest BCUT2D eigenvalue weighted by Gasteiger charge is -2.31. The molecule has 0 atom stereocenters. The summed E-state index contributed by atoms with van der Waals surface area (Å²) in [7, 11) is 0. The number of carbonyl (C=O) groups excluding carboxylic acids is 1. The lowest BCUT2D eigenvalue weighted by Crippen LogP contribution is -2.49. The van der Waals surface area contributed by atoms with Crippen LogP contribution in [0.25, 0.3) is 0 Å². The van der Waals surface area contributed by atoms with Crippen LogP contribution in [0, 0.1) is 5.82 Å². The van der Waals surface area contributed by atoms with E-state index in [0.29, 0.717) is 25.0 Å². The molecule has 0 aliphatic rings. The van der Waals surface area contributed by atoms with E-state index in [-0.39, 0.29) is 24.6 Å². The van der Waals surface area contributed by atoms with Gasteiger partial charge in [-0.1, -0.05) is 26.0 Å². The van der Waals surface area contributed by atoms with E-state index in [1.807, 2.05) is 19.2 Å². The average molecular weight is 378 g/mol. The van der Waals surface area contributed by atoms with Gasteiger partial charge in [0.25, 0.3) is 0 Å². The Morgan fingerprint density at radius 1 is 1.23 bits per heavy atom. The fourth-order valence-corrected chi connectivity index (χ4v) is 3.63. The first-order valence-electron chi connectivity index (χ1n) is 8.56. The number of nitrogens with one attached hydrogen (secondary N) is 1. The predicted octanol–water partition coefficient (Wildman–Crippen LogP) is 3.57. The number of hydrogen-bond donors (Lipinski definition) is 2. The van der Waals surface area contributed by atoms with Crippen molar-refractivity contribution in [1.29, 1.82) is 0 Å². The van der Waals surface area contributed by atoms with E-state index in [0.717, 1.165) is 10.6 Å². The molecule has 1 amide bonds. The van der Waals surface area contributed by atoms with Crippen molar-refractivity contribution in [3.63, 3.8) is 0 Å². The molecule has 7 heteroatoms. The Morgan fingerprint density at radius 3 is 2.46 bits per heavy atom. The van der Waals surface area contributed by atoms with Gasteiger partial charge in [0.2, 0.25) is 5.91 Å². The second-order valence-electron chi connectivity index (χ2n) is 6.32. The molecule has 2 aromatic rings. The molecule has 0 saturated heterocycles. The van der Waals surface area contributed by atoms with Crippen molar-refractivity contribution in [2.75, 3.05) is 0 Å². The lowest BCUT2D eigenvalue weighted by atomic mass is 9.88. The highest BCUT2D eigenvalue weighted by Crippen LogP contribution is 2.21. The number of carboxylic acid groups (broad SMARTS) is 1. The predicted molar refractivity (Wildman–Crippen MR) is 98.7 cm³/mol. The number of nitrogens with zero attached hydrogens (tertiary/aromatic N) is 1.